The summed E-state index contributed by atoms with van der Waals surface area (Å²) in [5.41, 5.74) is -0.600. The highest BCUT2D eigenvalue weighted by Crippen LogP contribution is 2.42. The molecule has 1 aliphatic carbocycles. The minimum Gasteiger partial charge on any atom is -0.379 e. The Morgan fingerprint density at radius 1 is 1.50 bits per heavy atom. The van der Waals surface area contributed by atoms with Gasteiger partial charge in [0.15, 0.2) is 5.69 Å². The molecule has 0 spiro atoms. The molecule has 1 N–H and O–H groups in total. The van der Waals surface area contributed by atoms with E-state index >= 15 is 0 Å². The quantitative estimate of drug-likeness (QED) is 0.899. The van der Waals surface area contributed by atoms with Crippen molar-refractivity contribution >= 4 is 5.91 Å². The van der Waals surface area contributed by atoms with Crippen molar-refractivity contribution in [3.8, 4) is 0 Å². The Hall–Kier alpha value is -1.64. The van der Waals surface area contributed by atoms with Crippen molar-refractivity contribution in [3.05, 3.63) is 11.9 Å². The molecule has 0 radical (unpaired) electrons. The van der Waals surface area contributed by atoms with Crippen LogP contribution < -0.4 is 5.32 Å². The summed E-state index contributed by atoms with van der Waals surface area (Å²) in [6.07, 6.45) is -1.72. The van der Waals surface area contributed by atoms with E-state index in [1.807, 2.05) is 0 Å². The molecule has 0 aromatic carbocycles. The van der Waals surface area contributed by atoms with Crippen molar-refractivity contribution in [1.82, 2.24) is 20.3 Å². The predicted molar refractivity (Wildman–Crippen MR) is 69.2 cm³/mol. The largest absolute Gasteiger partial charge is 0.389 e. The molecule has 2 heterocycles. The Kier molecular flexibility index (Phi) is 3.84. The molecule has 9 heteroatoms. The molecule has 6 nitrogen and oxygen atoms in total. The van der Waals surface area contributed by atoms with Crippen molar-refractivity contribution in [2.75, 3.05) is 13.2 Å². The fourth-order valence-electron chi connectivity index (χ4n) is 2.56. The third-order valence-electron chi connectivity index (χ3n) is 4.14. The van der Waals surface area contributed by atoms with E-state index < -0.39 is 24.0 Å². The Bertz CT molecular complexity index is 548. The monoisotopic (exact) mass is 318 g/mol. The van der Waals surface area contributed by atoms with Gasteiger partial charge in [-0.1, -0.05) is 5.21 Å². The summed E-state index contributed by atoms with van der Waals surface area (Å²) in [5.74, 6) is -0.468. The third kappa shape index (κ3) is 3.57. The van der Waals surface area contributed by atoms with Crippen LogP contribution in [0.2, 0.25) is 0 Å². The minimum absolute atomic E-state index is 0.0640. The first-order valence-electron chi connectivity index (χ1n) is 7.26. The second-order valence-corrected chi connectivity index (χ2v) is 5.95. The lowest BCUT2D eigenvalue weighted by Crippen LogP contribution is -2.38. The molecular weight excluding hydrogens is 301 g/mol. The van der Waals surface area contributed by atoms with E-state index in [1.165, 1.54) is 6.20 Å². The summed E-state index contributed by atoms with van der Waals surface area (Å²) in [6.45, 7) is 1.17. The highest BCUT2D eigenvalue weighted by atomic mass is 19.4. The third-order valence-corrected chi connectivity index (χ3v) is 4.14. The number of ether oxygens (including phenoxy) is 1. The number of amides is 1. The maximum atomic E-state index is 12.3. The van der Waals surface area contributed by atoms with Crippen LogP contribution >= 0.6 is 0 Å². The van der Waals surface area contributed by atoms with E-state index in [1.54, 1.807) is 4.68 Å². The summed E-state index contributed by atoms with van der Waals surface area (Å²) in [5, 5.41) is 10.4. The topological polar surface area (TPSA) is 69.0 Å². The number of hydrogen-bond donors (Lipinski definition) is 1. The summed E-state index contributed by atoms with van der Waals surface area (Å²) in [6, 6.07) is 0.0640. The standard InChI is InChI=1S/C13H17F3N4O2/c14-13(15,16)5-4-12(2-3-12)17-11(21)10-7-20(19-18-10)9-1-6-22-8-9/h7,9H,1-6,8H2,(H,17,21). The van der Waals surface area contributed by atoms with Crippen LogP contribution in [0.25, 0.3) is 0 Å². The van der Waals surface area contributed by atoms with E-state index in [9.17, 15) is 18.0 Å². The molecule has 22 heavy (non-hydrogen) atoms. The molecule has 1 amide bonds. The molecule has 1 unspecified atom stereocenters. The van der Waals surface area contributed by atoms with Crippen molar-refractivity contribution in [2.24, 2.45) is 0 Å². The summed E-state index contributed by atoms with van der Waals surface area (Å²) in [7, 11) is 0. The Labute approximate surface area is 125 Å². The molecule has 1 saturated heterocycles. The van der Waals surface area contributed by atoms with Crippen molar-refractivity contribution < 1.29 is 22.7 Å². The van der Waals surface area contributed by atoms with Gasteiger partial charge in [0.05, 0.1) is 18.8 Å². The Morgan fingerprint density at radius 2 is 2.27 bits per heavy atom. The Balaban J connectivity index is 1.57. The molecule has 2 aliphatic rings. The van der Waals surface area contributed by atoms with Gasteiger partial charge in [-0.2, -0.15) is 13.2 Å². The second-order valence-electron chi connectivity index (χ2n) is 5.95. The summed E-state index contributed by atoms with van der Waals surface area (Å²) < 4.78 is 43.7. The molecular formula is C13H17F3N4O2. The number of nitrogens with one attached hydrogen (secondary N) is 1. The van der Waals surface area contributed by atoms with Crippen molar-refractivity contribution in [1.29, 1.82) is 0 Å². The SMILES string of the molecule is O=C(NC1(CCC(F)(F)F)CC1)c1cn(C2CCOC2)nn1. The zero-order valence-electron chi connectivity index (χ0n) is 11.9. The van der Waals surface area contributed by atoms with Crippen LogP contribution in [0.5, 0.6) is 0 Å². The van der Waals surface area contributed by atoms with Crippen LogP contribution in [0.1, 0.15) is 48.6 Å². The number of alkyl halides is 3. The van der Waals surface area contributed by atoms with Gasteiger partial charge in [-0.15, -0.1) is 5.10 Å². The van der Waals surface area contributed by atoms with Crippen LogP contribution in [-0.4, -0.2) is 45.8 Å². The zero-order valence-corrected chi connectivity index (χ0v) is 11.9. The van der Waals surface area contributed by atoms with Gasteiger partial charge in [-0.3, -0.25) is 4.79 Å². The van der Waals surface area contributed by atoms with Gasteiger partial charge in [0.2, 0.25) is 0 Å². The van der Waals surface area contributed by atoms with E-state index in [2.05, 4.69) is 15.6 Å². The summed E-state index contributed by atoms with van der Waals surface area (Å²) in [4.78, 5) is 12.1. The molecule has 0 bridgehead atoms. The fourth-order valence-corrected chi connectivity index (χ4v) is 2.56. The number of nitrogens with zero attached hydrogens (tertiary/aromatic N) is 3. The second kappa shape index (κ2) is 5.53. The lowest BCUT2D eigenvalue weighted by Gasteiger charge is -2.17. The fraction of sp³-hybridized carbons (Fsp3) is 0.769. The highest BCUT2D eigenvalue weighted by Gasteiger charge is 2.46. The van der Waals surface area contributed by atoms with E-state index in [0.717, 1.165) is 6.42 Å². The predicted octanol–water partition coefficient (Wildman–Crippen LogP) is 1.84. The first-order valence-corrected chi connectivity index (χ1v) is 7.26. The molecule has 122 valence electrons. The molecule has 1 aromatic heterocycles. The van der Waals surface area contributed by atoms with Gasteiger partial charge >= 0.3 is 6.18 Å². The summed E-state index contributed by atoms with van der Waals surface area (Å²) >= 11 is 0. The Morgan fingerprint density at radius 3 is 2.86 bits per heavy atom. The van der Waals surface area contributed by atoms with Gasteiger partial charge in [-0.25, -0.2) is 4.68 Å². The van der Waals surface area contributed by atoms with Gasteiger partial charge in [-0.05, 0) is 25.7 Å². The first kappa shape index (κ1) is 15.3. The van der Waals surface area contributed by atoms with Gasteiger partial charge in [0.1, 0.15) is 0 Å². The molecule has 1 atom stereocenters. The zero-order chi connectivity index (χ0) is 15.8. The van der Waals surface area contributed by atoms with E-state index in [-0.39, 0.29) is 18.2 Å². The van der Waals surface area contributed by atoms with Gasteiger partial charge in [0, 0.05) is 18.6 Å². The number of carbonyl (C=O) groups is 1. The number of carbonyl (C=O) groups excluding carboxylic acids is 1. The van der Waals surface area contributed by atoms with Gasteiger partial charge < -0.3 is 10.1 Å². The first-order chi connectivity index (χ1) is 10.4. The van der Waals surface area contributed by atoms with Crippen molar-refractivity contribution in [3.63, 3.8) is 0 Å². The highest BCUT2D eigenvalue weighted by molar-refractivity contribution is 5.92. The average Bonchev–Trinajstić information content (AvgIpc) is 2.90. The molecule has 1 aromatic rings. The van der Waals surface area contributed by atoms with Crippen LogP contribution in [0.4, 0.5) is 13.2 Å². The van der Waals surface area contributed by atoms with Crippen LogP contribution in [0, 0.1) is 0 Å². The molecule has 3 rings (SSSR count). The number of aromatic nitrogens is 3. The number of rotatable bonds is 5. The smallest absolute Gasteiger partial charge is 0.379 e. The minimum atomic E-state index is -4.20. The molecule has 2 fully saturated rings. The lowest BCUT2D eigenvalue weighted by molar-refractivity contribution is -0.137. The van der Waals surface area contributed by atoms with Crippen LogP contribution in [-0.2, 0) is 4.74 Å². The normalized spacial score (nSPS) is 23.5. The molecule has 1 saturated carbocycles. The number of halogens is 3. The van der Waals surface area contributed by atoms with E-state index in [4.69, 9.17) is 4.74 Å². The van der Waals surface area contributed by atoms with Crippen molar-refractivity contribution in [2.45, 2.75) is 49.9 Å². The van der Waals surface area contributed by atoms with Crippen LogP contribution in [0.15, 0.2) is 6.20 Å². The van der Waals surface area contributed by atoms with E-state index in [0.29, 0.717) is 26.1 Å². The molecule has 1 aliphatic heterocycles. The average molecular weight is 318 g/mol. The van der Waals surface area contributed by atoms with Gasteiger partial charge in [0.25, 0.3) is 5.91 Å². The van der Waals surface area contributed by atoms with Crippen LogP contribution in [0.3, 0.4) is 0 Å². The number of hydrogen-bond acceptors (Lipinski definition) is 4. The maximum Gasteiger partial charge on any atom is 0.389 e. The maximum absolute atomic E-state index is 12.3. The lowest BCUT2D eigenvalue weighted by atomic mass is 10.1.